The van der Waals surface area contributed by atoms with Crippen molar-refractivity contribution in [2.75, 3.05) is 0 Å². The lowest BCUT2D eigenvalue weighted by Crippen LogP contribution is -2.27. The van der Waals surface area contributed by atoms with E-state index in [1.54, 1.807) is 0 Å². The highest BCUT2D eigenvalue weighted by atomic mass is 32.1. The average molecular weight is 250 g/mol. The number of nitriles is 1. The maximum absolute atomic E-state index is 10.5. The van der Waals surface area contributed by atoms with Crippen LogP contribution in [0.25, 0.3) is 0 Å². The fourth-order valence-corrected chi connectivity index (χ4v) is 3.44. The lowest BCUT2D eigenvalue weighted by molar-refractivity contribution is 0.0513. The third-order valence-corrected chi connectivity index (χ3v) is 4.63. The van der Waals surface area contributed by atoms with Crippen LogP contribution < -0.4 is 0 Å². The Morgan fingerprint density at radius 1 is 1.41 bits per heavy atom. The number of thiazole rings is 1. The van der Waals surface area contributed by atoms with Crippen molar-refractivity contribution < 1.29 is 5.11 Å². The summed E-state index contributed by atoms with van der Waals surface area (Å²) in [5.74, 6) is 0. The smallest absolute Gasteiger partial charge is 0.124 e. The van der Waals surface area contributed by atoms with E-state index in [0.717, 1.165) is 31.4 Å². The van der Waals surface area contributed by atoms with Gasteiger partial charge in [0.1, 0.15) is 11.1 Å². The second kappa shape index (κ2) is 5.16. The van der Waals surface area contributed by atoms with Crippen LogP contribution in [0.15, 0.2) is 5.38 Å². The van der Waals surface area contributed by atoms with Gasteiger partial charge in [0.25, 0.3) is 0 Å². The van der Waals surface area contributed by atoms with Crippen LogP contribution in [0.3, 0.4) is 0 Å². The standard InChI is InChI=1S/C13H18N2OS/c1-10-8-17-12(15-10)11(16)13(9-14)6-4-2-3-5-7-13/h8,11,16H,2-7H2,1H3. The Balaban J connectivity index is 2.25. The summed E-state index contributed by atoms with van der Waals surface area (Å²) in [6.45, 7) is 1.92. The van der Waals surface area contributed by atoms with E-state index in [2.05, 4.69) is 11.1 Å². The molecule has 1 N–H and O–H groups in total. The summed E-state index contributed by atoms with van der Waals surface area (Å²) in [6, 6.07) is 2.38. The Kier molecular flexibility index (Phi) is 3.80. The molecule has 17 heavy (non-hydrogen) atoms. The van der Waals surface area contributed by atoms with E-state index in [4.69, 9.17) is 0 Å². The largest absolute Gasteiger partial charge is 0.384 e. The molecular weight excluding hydrogens is 232 g/mol. The molecule has 1 aliphatic rings. The Morgan fingerprint density at radius 3 is 2.53 bits per heavy atom. The van der Waals surface area contributed by atoms with Gasteiger partial charge in [0.05, 0.1) is 11.5 Å². The molecule has 1 saturated carbocycles. The minimum absolute atomic E-state index is 0.610. The Hall–Kier alpha value is -0.920. The van der Waals surface area contributed by atoms with Gasteiger partial charge in [-0.1, -0.05) is 25.7 Å². The molecule has 0 amide bonds. The second-order valence-electron chi connectivity index (χ2n) is 4.91. The minimum Gasteiger partial charge on any atom is -0.384 e. The SMILES string of the molecule is Cc1csc(C(O)C2(C#N)CCCCCC2)n1. The van der Waals surface area contributed by atoms with Gasteiger partial charge in [0.15, 0.2) is 0 Å². The molecule has 1 aliphatic carbocycles. The summed E-state index contributed by atoms with van der Waals surface area (Å²) >= 11 is 1.46. The molecule has 4 heteroatoms. The molecule has 1 fully saturated rings. The molecule has 0 aromatic carbocycles. The highest BCUT2D eigenvalue weighted by Crippen LogP contribution is 2.45. The van der Waals surface area contributed by atoms with Crippen LogP contribution in [-0.2, 0) is 0 Å². The van der Waals surface area contributed by atoms with E-state index in [0.29, 0.717) is 5.01 Å². The summed E-state index contributed by atoms with van der Waals surface area (Å²) in [6.07, 6.45) is 5.29. The molecule has 2 rings (SSSR count). The summed E-state index contributed by atoms with van der Waals surface area (Å²) in [4.78, 5) is 4.33. The molecular formula is C13H18N2OS. The Bertz CT molecular complexity index is 413. The Morgan fingerprint density at radius 2 is 2.06 bits per heavy atom. The van der Waals surface area contributed by atoms with E-state index in [1.807, 2.05) is 12.3 Å². The molecule has 1 aromatic heterocycles. The zero-order valence-corrected chi connectivity index (χ0v) is 11.0. The van der Waals surface area contributed by atoms with Gasteiger partial charge in [0, 0.05) is 11.1 Å². The number of aliphatic hydroxyl groups excluding tert-OH is 1. The van der Waals surface area contributed by atoms with E-state index < -0.39 is 11.5 Å². The van der Waals surface area contributed by atoms with Gasteiger partial charge in [-0.05, 0) is 19.8 Å². The minimum atomic E-state index is -0.718. The van der Waals surface area contributed by atoms with Crippen LogP contribution in [0.4, 0.5) is 0 Å². The van der Waals surface area contributed by atoms with Crippen LogP contribution in [0.1, 0.15) is 55.3 Å². The number of aliphatic hydroxyl groups is 1. The normalized spacial score (nSPS) is 21.5. The third-order valence-electron chi connectivity index (χ3n) is 3.61. The molecule has 1 heterocycles. The fourth-order valence-electron chi connectivity index (χ4n) is 2.54. The molecule has 0 spiro atoms. The molecule has 1 unspecified atom stereocenters. The zero-order chi connectivity index (χ0) is 12.3. The number of aromatic nitrogens is 1. The predicted molar refractivity (Wildman–Crippen MR) is 67.6 cm³/mol. The second-order valence-corrected chi connectivity index (χ2v) is 5.80. The lowest BCUT2D eigenvalue weighted by atomic mass is 9.77. The van der Waals surface area contributed by atoms with E-state index in [9.17, 15) is 10.4 Å². The number of rotatable bonds is 2. The van der Waals surface area contributed by atoms with Gasteiger partial charge in [-0.3, -0.25) is 0 Å². The first-order valence-corrected chi connectivity index (χ1v) is 7.07. The van der Waals surface area contributed by atoms with Crippen molar-refractivity contribution in [1.82, 2.24) is 4.98 Å². The van der Waals surface area contributed by atoms with Gasteiger partial charge in [-0.25, -0.2) is 4.98 Å². The van der Waals surface area contributed by atoms with Crippen molar-refractivity contribution in [3.8, 4) is 6.07 Å². The highest BCUT2D eigenvalue weighted by molar-refractivity contribution is 7.09. The summed E-state index contributed by atoms with van der Waals surface area (Å²) < 4.78 is 0. The van der Waals surface area contributed by atoms with Crippen LogP contribution in [0.5, 0.6) is 0 Å². The van der Waals surface area contributed by atoms with Crippen molar-refractivity contribution in [2.24, 2.45) is 5.41 Å². The molecule has 0 aliphatic heterocycles. The van der Waals surface area contributed by atoms with Crippen molar-refractivity contribution in [3.63, 3.8) is 0 Å². The maximum atomic E-state index is 10.5. The molecule has 92 valence electrons. The zero-order valence-electron chi connectivity index (χ0n) is 10.1. The first kappa shape index (κ1) is 12.5. The fraction of sp³-hybridized carbons (Fsp3) is 0.692. The molecule has 3 nitrogen and oxygen atoms in total. The Labute approximate surface area is 106 Å². The molecule has 1 atom stereocenters. The van der Waals surface area contributed by atoms with Gasteiger partial charge < -0.3 is 5.11 Å². The quantitative estimate of drug-likeness (QED) is 0.819. The van der Waals surface area contributed by atoms with Crippen LogP contribution in [-0.4, -0.2) is 10.1 Å². The molecule has 0 radical (unpaired) electrons. The van der Waals surface area contributed by atoms with Crippen LogP contribution in [0, 0.1) is 23.7 Å². The van der Waals surface area contributed by atoms with Crippen molar-refractivity contribution in [2.45, 2.75) is 51.6 Å². The van der Waals surface area contributed by atoms with Crippen LogP contribution in [0.2, 0.25) is 0 Å². The van der Waals surface area contributed by atoms with Gasteiger partial charge in [-0.2, -0.15) is 5.26 Å². The number of aryl methyl sites for hydroxylation is 1. The molecule has 1 aromatic rings. The first-order chi connectivity index (χ1) is 8.18. The summed E-state index contributed by atoms with van der Waals surface area (Å²) in [5.41, 5.74) is 0.312. The van der Waals surface area contributed by atoms with E-state index >= 15 is 0 Å². The van der Waals surface area contributed by atoms with Gasteiger partial charge in [0.2, 0.25) is 0 Å². The third kappa shape index (κ3) is 2.51. The van der Waals surface area contributed by atoms with Gasteiger partial charge in [-0.15, -0.1) is 11.3 Å². The predicted octanol–water partition coefficient (Wildman–Crippen LogP) is 3.35. The summed E-state index contributed by atoms with van der Waals surface area (Å²) in [5, 5.41) is 22.6. The van der Waals surface area contributed by atoms with Crippen molar-refractivity contribution in [3.05, 3.63) is 16.1 Å². The van der Waals surface area contributed by atoms with Crippen molar-refractivity contribution in [1.29, 1.82) is 5.26 Å². The lowest BCUT2D eigenvalue weighted by Gasteiger charge is -2.29. The number of hydrogen-bond donors (Lipinski definition) is 1. The molecule has 0 saturated heterocycles. The van der Waals surface area contributed by atoms with Crippen molar-refractivity contribution >= 4 is 11.3 Å². The summed E-state index contributed by atoms with van der Waals surface area (Å²) in [7, 11) is 0. The highest BCUT2D eigenvalue weighted by Gasteiger charge is 2.40. The van der Waals surface area contributed by atoms with E-state index in [1.165, 1.54) is 24.2 Å². The van der Waals surface area contributed by atoms with E-state index in [-0.39, 0.29) is 0 Å². The molecule has 0 bridgehead atoms. The first-order valence-electron chi connectivity index (χ1n) is 6.19. The van der Waals surface area contributed by atoms with Crippen LogP contribution >= 0.6 is 11.3 Å². The average Bonchev–Trinajstić information content (AvgIpc) is 2.64. The number of hydrogen-bond acceptors (Lipinski definition) is 4. The van der Waals surface area contributed by atoms with Gasteiger partial charge >= 0.3 is 0 Å². The monoisotopic (exact) mass is 250 g/mol. The topological polar surface area (TPSA) is 56.9 Å². The maximum Gasteiger partial charge on any atom is 0.124 e. The number of nitrogens with zero attached hydrogens (tertiary/aromatic N) is 2.